The summed E-state index contributed by atoms with van der Waals surface area (Å²) < 4.78 is 14.2. The summed E-state index contributed by atoms with van der Waals surface area (Å²) in [4.78, 5) is 32.6. The van der Waals surface area contributed by atoms with Crippen molar-refractivity contribution in [2.75, 3.05) is 18.4 Å². The number of hydrogen-bond donors (Lipinski definition) is 1. The molecule has 5 nitrogen and oxygen atoms in total. The maximum atomic E-state index is 14.2. The number of nitrogens with one attached hydrogen (secondary N) is 1. The van der Waals surface area contributed by atoms with E-state index in [1.165, 1.54) is 11.6 Å². The Balaban J connectivity index is 1.20. The van der Waals surface area contributed by atoms with Crippen LogP contribution in [-0.4, -0.2) is 34.8 Å². The number of anilines is 1. The van der Waals surface area contributed by atoms with E-state index >= 15 is 0 Å². The lowest BCUT2D eigenvalue weighted by Gasteiger charge is -2.32. The molecule has 6 heteroatoms. The summed E-state index contributed by atoms with van der Waals surface area (Å²) in [5, 5.41) is 2.96. The number of amides is 2. The van der Waals surface area contributed by atoms with Gasteiger partial charge in [0.2, 0.25) is 0 Å². The van der Waals surface area contributed by atoms with Gasteiger partial charge in [0, 0.05) is 41.8 Å². The molecule has 1 aliphatic rings. The molecule has 0 spiro atoms. The third-order valence-corrected chi connectivity index (χ3v) is 7.79. The zero-order valence-corrected chi connectivity index (χ0v) is 23.9. The van der Waals surface area contributed by atoms with E-state index in [0.717, 1.165) is 36.1 Å². The van der Waals surface area contributed by atoms with E-state index in [2.05, 4.69) is 36.3 Å². The Hall–Kier alpha value is -4.32. The Morgan fingerprint density at radius 3 is 2.32 bits per heavy atom. The van der Waals surface area contributed by atoms with Gasteiger partial charge in [0.15, 0.2) is 0 Å². The van der Waals surface area contributed by atoms with Crippen LogP contribution < -0.4 is 5.32 Å². The lowest BCUT2D eigenvalue weighted by Crippen LogP contribution is -2.38. The summed E-state index contributed by atoms with van der Waals surface area (Å²) in [5.41, 5.74) is 6.19. The van der Waals surface area contributed by atoms with Gasteiger partial charge >= 0.3 is 0 Å². The van der Waals surface area contributed by atoms with Crippen molar-refractivity contribution in [2.24, 2.45) is 5.92 Å². The molecule has 41 heavy (non-hydrogen) atoms. The number of carbonyl (C=O) groups excluding carboxylic acids is 2. The molecule has 4 aromatic rings. The molecular weight excluding hydrogens is 513 g/mol. The number of pyridine rings is 1. The second kappa shape index (κ2) is 12.5. The average Bonchev–Trinajstić information content (AvgIpc) is 2.98. The van der Waals surface area contributed by atoms with Gasteiger partial charge < -0.3 is 10.2 Å². The molecule has 0 bridgehead atoms. The highest BCUT2D eigenvalue weighted by molar-refractivity contribution is 6.05. The smallest absolute Gasteiger partial charge is 0.257 e. The minimum absolute atomic E-state index is 0.0337. The number of carbonyl (C=O) groups is 2. The molecule has 1 aliphatic heterocycles. The molecule has 0 saturated carbocycles. The second-order valence-corrected chi connectivity index (χ2v) is 11.3. The van der Waals surface area contributed by atoms with Gasteiger partial charge in [-0.1, -0.05) is 62.4 Å². The number of halogens is 1. The Bertz CT molecular complexity index is 1520. The van der Waals surface area contributed by atoms with E-state index in [9.17, 15) is 14.0 Å². The molecule has 1 saturated heterocycles. The zero-order valence-electron chi connectivity index (χ0n) is 23.9. The predicted molar refractivity (Wildman–Crippen MR) is 162 cm³/mol. The lowest BCUT2D eigenvalue weighted by atomic mass is 9.88. The van der Waals surface area contributed by atoms with E-state index in [0.29, 0.717) is 47.3 Å². The van der Waals surface area contributed by atoms with Crippen molar-refractivity contribution in [3.63, 3.8) is 0 Å². The molecule has 2 heterocycles. The number of aromatic nitrogens is 1. The highest BCUT2D eigenvalue weighted by Crippen LogP contribution is 2.31. The molecule has 1 N–H and O–H groups in total. The minimum atomic E-state index is -0.247. The van der Waals surface area contributed by atoms with Crippen molar-refractivity contribution in [2.45, 2.75) is 46.0 Å². The molecule has 0 aliphatic carbocycles. The van der Waals surface area contributed by atoms with Crippen LogP contribution in [0.15, 0.2) is 85.1 Å². The average molecular weight is 550 g/mol. The molecule has 1 fully saturated rings. The zero-order chi connectivity index (χ0) is 28.9. The van der Waals surface area contributed by atoms with Crippen molar-refractivity contribution in [3.8, 4) is 11.1 Å². The Kier molecular flexibility index (Phi) is 8.58. The van der Waals surface area contributed by atoms with Crippen molar-refractivity contribution in [1.82, 2.24) is 9.88 Å². The summed E-state index contributed by atoms with van der Waals surface area (Å²) in [6.07, 6.45) is 4.19. The fraction of sp³-hybridized carbons (Fsp3) is 0.286. The van der Waals surface area contributed by atoms with Crippen LogP contribution >= 0.6 is 0 Å². The van der Waals surface area contributed by atoms with Crippen LogP contribution in [0.25, 0.3) is 11.1 Å². The predicted octanol–water partition coefficient (Wildman–Crippen LogP) is 7.67. The number of hydrogen-bond acceptors (Lipinski definition) is 3. The fourth-order valence-corrected chi connectivity index (χ4v) is 5.41. The SMILES string of the molecule is Cc1ccc(C(=O)N2CCC(c3ccc(-c4ccccc4F)cc3)CC2)cc1NC(=O)c1ccc(CC(C)C)nc1. The maximum Gasteiger partial charge on any atom is 0.257 e. The number of rotatable bonds is 7. The van der Waals surface area contributed by atoms with Crippen LogP contribution in [0.1, 0.15) is 70.1 Å². The third kappa shape index (κ3) is 6.71. The van der Waals surface area contributed by atoms with Crippen LogP contribution in [0.3, 0.4) is 0 Å². The van der Waals surface area contributed by atoms with E-state index in [1.807, 2.05) is 48.2 Å². The Labute approximate surface area is 241 Å². The van der Waals surface area contributed by atoms with Gasteiger partial charge in [-0.05, 0) is 85.0 Å². The topological polar surface area (TPSA) is 62.3 Å². The van der Waals surface area contributed by atoms with Crippen molar-refractivity contribution >= 4 is 17.5 Å². The molecule has 1 aromatic heterocycles. The highest BCUT2D eigenvalue weighted by Gasteiger charge is 2.25. The maximum absolute atomic E-state index is 14.2. The van der Waals surface area contributed by atoms with E-state index in [4.69, 9.17) is 0 Å². The van der Waals surface area contributed by atoms with Gasteiger partial charge in [0.25, 0.3) is 11.8 Å². The first kappa shape index (κ1) is 28.2. The minimum Gasteiger partial charge on any atom is -0.339 e. The van der Waals surface area contributed by atoms with Gasteiger partial charge in [0.05, 0.1) is 5.56 Å². The van der Waals surface area contributed by atoms with Gasteiger partial charge in [-0.3, -0.25) is 14.6 Å². The van der Waals surface area contributed by atoms with Crippen LogP contribution in [0.2, 0.25) is 0 Å². The Morgan fingerprint density at radius 2 is 1.66 bits per heavy atom. The molecule has 0 unspecified atom stereocenters. The molecule has 0 radical (unpaired) electrons. The lowest BCUT2D eigenvalue weighted by molar-refractivity contribution is 0.0712. The quantitative estimate of drug-likeness (QED) is 0.257. The highest BCUT2D eigenvalue weighted by atomic mass is 19.1. The molecule has 210 valence electrons. The standard InChI is InChI=1S/C35H36FN3O2/c1-23(2)20-30-15-14-29(22-37-30)34(40)38-33-21-28(9-8-24(33)3)35(41)39-18-16-26(17-19-39)25-10-12-27(13-11-25)31-6-4-5-7-32(31)36/h4-15,21-23,26H,16-20H2,1-3H3,(H,38,40). The summed E-state index contributed by atoms with van der Waals surface area (Å²) in [7, 11) is 0. The molecule has 5 rings (SSSR count). The summed E-state index contributed by atoms with van der Waals surface area (Å²) in [6, 6.07) is 24.1. The van der Waals surface area contributed by atoms with Crippen molar-refractivity contribution in [1.29, 1.82) is 0 Å². The monoisotopic (exact) mass is 549 g/mol. The van der Waals surface area contributed by atoms with Crippen LogP contribution in [0.4, 0.5) is 10.1 Å². The second-order valence-electron chi connectivity index (χ2n) is 11.3. The first-order valence-electron chi connectivity index (χ1n) is 14.3. The molecule has 0 atom stereocenters. The van der Waals surface area contributed by atoms with Gasteiger partial charge in [0.1, 0.15) is 5.82 Å². The van der Waals surface area contributed by atoms with Crippen molar-refractivity contribution < 1.29 is 14.0 Å². The molecule has 3 aromatic carbocycles. The molecular formula is C35H36FN3O2. The first-order chi connectivity index (χ1) is 19.8. The summed E-state index contributed by atoms with van der Waals surface area (Å²) in [6.45, 7) is 7.49. The normalized spacial score (nSPS) is 13.8. The van der Waals surface area contributed by atoms with E-state index in [-0.39, 0.29) is 17.6 Å². The summed E-state index contributed by atoms with van der Waals surface area (Å²) >= 11 is 0. The van der Waals surface area contributed by atoms with Gasteiger partial charge in [-0.15, -0.1) is 0 Å². The van der Waals surface area contributed by atoms with Crippen LogP contribution in [0, 0.1) is 18.7 Å². The van der Waals surface area contributed by atoms with E-state index in [1.54, 1.807) is 30.5 Å². The summed E-state index contributed by atoms with van der Waals surface area (Å²) in [5.74, 6) is 0.340. The first-order valence-corrected chi connectivity index (χ1v) is 14.3. The van der Waals surface area contributed by atoms with Crippen LogP contribution in [0.5, 0.6) is 0 Å². The number of aryl methyl sites for hydroxylation is 1. The number of likely N-dealkylation sites (tertiary alicyclic amines) is 1. The van der Waals surface area contributed by atoms with Crippen LogP contribution in [-0.2, 0) is 6.42 Å². The Morgan fingerprint density at radius 1 is 0.951 bits per heavy atom. The third-order valence-electron chi connectivity index (χ3n) is 7.79. The van der Waals surface area contributed by atoms with Crippen molar-refractivity contribution in [3.05, 3.63) is 119 Å². The van der Waals surface area contributed by atoms with Gasteiger partial charge in [-0.2, -0.15) is 0 Å². The number of piperidine rings is 1. The molecule has 2 amide bonds. The van der Waals surface area contributed by atoms with E-state index < -0.39 is 0 Å². The largest absolute Gasteiger partial charge is 0.339 e. The van der Waals surface area contributed by atoms with Gasteiger partial charge in [-0.25, -0.2) is 4.39 Å². The fourth-order valence-electron chi connectivity index (χ4n) is 5.41. The number of nitrogens with zero attached hydrogens (tertiary/aromatic N) is 2. The number of benzene rings is 3.